The number of piperidine rings is 1. The Bertz CT molecular complexity index is 867. The van der Waals surface area contributed by atoms with E-state index in [1.807, 2.05) is 6.07 Å². The standard InChI is InChI=1S/C21H24N4O2/c1-15-7-4-5-13-24(15)14-11-19(26)25-18-10-3-2-8-16(18)21(27)23-17-9-6-12-22-20(17)25/h2-3,6,8-10,12,15H,4-5,7,11,13-14H2,1H3,(H,23,27). The Morgan fingerprint density at radius 3 is 2.93 bits per heavy atom. The van der Waals surface area contributed by atoms with E-state index < -0.39 is 0 Å². The summed E-state index contributed by atoms with van der Waals surface area (Å²) in [4.78, 5) is 34.2. The van der Waals surface area contributed by atoms with Gasteiger partial charge in [-0.15, -0.1) is 0 Å². The zero-order valence-corrected chi connectivity index (χ0v) is 15.5. The van der Waals surface area contributed by atoms with E-state index in [-0.39, 0.29) is 11.8 Å². The summed E-state index contributed by atoms with van der Waals surface area (Å²) >= 11 is 0. The first-order valence-electron chi connectivity index (χ1n) is 9.57. The Kier molecular flexibility index (Phi) is 4.90. The molecule has 1 saturated heterocycles. The maximum atomic E-state index is 13.3. The van der Waals surface area contributed by atoms with Crippen molar-refractivity contribution in [3.8, 4) is 0 Å². The summed E-state index contributed by atoms with van der Waals surface area (Å²) < 4.78 is 0. The highest BCUT2D eigenvalue weighted by Gasteiger charge is 2.30. The molecule has 1 atom stereocenters. The summed E-state index contributed by atoms with van der Waals surface area (Å²) in [5, 5.41) is 2.87. The van der Waals surface area contributed by atoms with Crippen molar-refractivity contribution in [1.82, 2.24) is 9.88 Å². The highest BCUT2D eigenvalue weighted by atomic mass is 16.2. The van der Waals surface area contributed by atoms with Gasteiger partial charge in [0, 0.05) is 25.2 Å². The van der Waals surface area contributed by atoms with Crippen LogP contribution in [0.2, 0.25) is 0 Å². The minimum absolute atomic E-state index is 0.0447. The number of nitrogens with zero attached hydrogens (tertiary/aromatic N) is 3. The Morgan fingerprint density at radius 1 is 1.22 bits per heavy atom. The van der Waals surface area contributed by atoms with Crippen LogP contribution in [0.5, 0.6) is 0 Å². The van der Waals surface area contributed by atoms with Gasteiger partial charge < -0.3 is 10.2 Å². The number of likely N-dealkylation sites (tertiary alicyclic amines) is 1. The number of amides is 2. The largest absolute Gasteiger partial charge is 0.319 e. The maximum Gasteiger partial charge on any atom is 0.257 e. The van der Waals surface area contributed by atoms with Gasteiger partial charge in [-0.25, -0.2) is 4.98 Å². The monoisotopic (exact) mass is 364 g/mol. The molecule has 1 aromatic carbocycles. The molecule has 2 aliphatic heterocycles. The molecule has 2 aliphatic rings. The Labute approximate surface area is 159 Å². The van der Waals surface area contributed by atoms with Crippen molar-refractivity contribution in [2.75, 3.05) is 23.3 Å². The molecule has 0 spiro atoms. The second-order valence-electron chi connectivity index (χ2n) is 7.21. The lowest BCUT2D eigenvalue weighted by molar-refractivity contribution is -0.118. The van der Waals surface area contributed by atoms with Crippen LogP contribution < -0.4 is 10.2 Å². The molecule has 1 unspecified atom stereocenters. The molecule has 1 fully saturated rings. The van der Waals surface area contributed by atoms with Crippen LogP contribution in [0.3, 0.4) is 0 Å². The number of carbonyl (C=O) groups excluding carboxylic acids is 2. The number of para-hydroxylation sites is 1. The van der Waals surface area contributed by atoms with Crippen molar-refractivity contribution in [1.29, 1.82) is 0 Å². The number of benzene rings is 1. The van der Waals surface area contributed by atoms with Crippen molar-refractivity contribution in [3.63, 3.8) is 0 Å². The first-order valence-corrected chi connectivity index (χ1v) is 9.57. The van der Waals surface area contributed by atoms with Gasteiger partial charge in [-0.2, -0.15) is 0 Å². The van der Waals surface area contributed by atoms with Crippen LogP contribution in [0.1, 0.15) is 43.0 Å². The Morgan fingerprint density at radius 2 is 2.07 bits per heavy atom. The zero-order chi connectivity index (χ0) is 18.8. The van der Waals surface area contributed by atoms with Gasteiger partial charge in [0.25, 0.3) is 5.91 Å². The predicted molar refractivity (Wildman–Crippen MR) is 105 cm³/mol. The van der Waals surface area contributed by atoms with Crippen LogP contribution in [0.15, 0.2) is 42.6 Å². The average Bonchev–Trinajstić information content (AvgIpc) is 2.81. The lowest BCUT2D eigenvalue weighted by atomic mass is 10.0. The Balaban J connectivity index is 1.65. The normalized spacial score (nSPS) is 19.7. The first-order chi connectivity index (χ1) is 13.1. The number of hydrogen-bond donors (Lipinski definition) is 1. The summed E-state index contributed by atoms with van der Waals surface area (Å²) in [7, 11) is 0. The van der Waals surface area contributed by atoms with E-state index in [0.29, 0.717) is 35.2 Å². The van der Waals surface area contributed by atoms with Crippen LogP contribution >= 0.6 is 0 Å². The third kappa shape index (κ3) is 3.45. The number of carbonyl (C=O) groups is 2. The van der Waals surface area contributed by atoms with Crippen molar-refractivity contribution < 1.29 is 9.59 Å². The highest BCUT2D eigenvalue weighted by molar-refractivity contribution is 6.17. The van der Waals surface area contributed by atoms with Gasteiger partial charge in [0.15, 0.2) is 5.82 Å². The van der Waals surface area contributed by atoms with Crippen LogP contribution in [0.25, 0.3) is 0 Å². The van der Waals surface area contributed by atoms with Crippen LogP contribution in [-0.4, -0.2) is 40.8 Å². The lowest BCUT2D eigenvalue weighted by Crippen LogP contribution is -2.40. The molecule has 2 aromatic rings. The SMILES string of the molecule is CC1CCCCN1CCC(=O)N1c2ccccc2C(=O)Nc2cccnc21. The molecule has 140 valence electrons. The van der Waals surface area contributed by atoms with Crippen molar-refractivity contribution in [2.45, 2.75) is 38.6 Å². The van der Waals surface area contributed by atoms with Gasteiger partial charge >= 0.3 is 0 Å². The van der Waals surface area contributed by atoms with Crippen molar-refractivity contribution in [2.24, 2.45) is 0 Å². The van der Waals surface area contributed by atoms with E-state index in [2.05, 4.69) is 22.1 Å². The van der Waals surface area contributed by atoms with Crippen LogP contribution in [0.4, 0.5) is 17.2 Å². The second-order valence-corrected chi connectivity index (χ2v) is 7.21. The first kappa shape index (κ1) is 17.7. The highest BCUT2D eigenvalue weighted by Crippen LogP contribution is 2.36. The van der Waals surface area contributed by atoms with E-state index in [9.17, 15) is 9.59 Å². The molecule has 0 aliphatic carbocycles. The zero-order valence-electron chi connectivity index (χ0n) is 15.5. The molecule has 4 rings (SSSR count). The molecule has 2 amide bonds. The summed E-state index contributed by atoms with van der Waals surface area (Å²) in [6.07, 6.45) is 5.67. The fourth-order valence-electron chi connectivity index (χ4n) is 3.93. The van der Waals surface area contributed by atoms with Gasteiger partial charge in [-0.05, 0) is 50.6 Å². The summed E-state index contributed by atoms with van der Waals surface area (Å²) in [5.74, 6) is 0.212. The number of rotatable bonds is 3. The van der Waals surface area contributed by atoms with Crippen molar-refractivity contribution >= 4 is 29.0 Å². The summed E-state index contributed by atoms with van der Waals surface area (Å²) in [5.41, 5.74) is 1.62. The number of pyridine rings is 1. The smallest absolute Gasteiger partial charge is 0.257 e. The minimum Gasteiger partial charge on any atom is -0.319 e. The molecule has 27 heavy (non-hydrogen) atoms. The molecule has 0 saturated carbocycles. The molecule has 1 N–H and O–H groups in total. The fourth-order valence-corrected chi connectivity index (χ4v) is 3.93. The van der Waals surface area contributed by atoms with E-state index in [1.54, 1.807) is 41.4 Å². The number of hydrogen-bond acceptors (Lipinski definition) is 4. The Hall–Kier alpha value is -2.73. The van der Waals surface area contributed by atoms with E-state index in [4.69, 9.17) is 0 Å². The molecule has 6 heteroatoms. The molecule has 0 radical (unpaired) electrons. The maximum absolute atomic E-state index is 13.3. The van der Waals surface area contributed by atoms with E-state index in [1.165, 1.54) is 19.3 Å². The number of fused-ring (bicyclic) bond motifs is 2. The van der Waals surface area contributed by atoms with E-state index >= 15 is 0 Å². The lowest BCUT2D eigenvalue weighted by Gasteiger charge is -2.33. The predicted octanol–water partition coefficient (Wildman–Crippen LogP) is 3.58. The number of aromatic nitrogens is 1. The fraction of sp³-hybridized carbons (Fsp3) is 0.381. The van der Waals surface area contributed by atoms with Gasteiger partial charge in [-0.3, -0.25) is 14.5 Å². The number of anilines is 3. The molecule has 1 aromatic heterocycles. The molecule has 6 nitrogen and oxygen atoms in total. The third-order valence-corrected chi connectivity index (χ3v) is 5.44. The summed E-state index contributed by atoms with van der Waals surface area (Å²) in [6.45, 7) is 3.99. The van der Waals surface area contributed by atoms with Crippen molar-refractivity contribution in [3.05, 3.63) is 48.2 Å². The quantitative estimate of drug-likeness (QED) is 0.904. The van der Waals surface area contributed by atoms with Gasteiger partial charge in [-0.1, -0.05) is 18.6 Å². The van der Waals surface area contributed by atoms with E-state index in [0.717, 1.165) is 13.1 Å². The van der Waals surface area contributed by atoms with Crippen LogP contribution in [-0.2, 0) is 4.79 Å². The average molecular weight is 364 g/mol. The second kappa shape index (κ2) is 7.48. The van der Waals surface area contributed by atoms with Gasteiger partial charge in [0.1, 0.15) is 0 Å². The molecular formula is C21H24N4O2. The topological polar surface area (TPSA) is 65.5 Å². The molecular weight excluding hydrogens is 340 g/mol. The van der Waals surface area contributed by atoms with Crippen LogP contribution in [0, 0.1) is 0 Å². The van der Waals surface area contributed by atoms with Gasteiger partial charge in [0.05, 0.1) is 16.9 Å². The third-order valence-electron chi connectivity index (χ3n) is 5.44. The number of nitrogens with one attached hydrogen (secondary N) is 1. The minimum atomic E-state index is -0.222. The molecule has 3 heterocycles. The summed E-state index contributed by atoms with van der Waals surface area (Å²) in [6, 6.07) is 11.2. The van der Waals surface area contributed by atoms with Gasteiger partial charge in [0.2, 0.25) is 5.91 Å². The molecule has 0 bridgehead atoms.